The number of hydrogen-bond acceptors (Lipinski definition) is 6. The van der Waals surface area contributed by atoms with Crippen LogP contribution in [0.1, 0.15) is 30.4 Å². The second kappa shape index (κ2) is 10.4. The van der Waals surface area contributed by atoms with Crippen molar-refractivity contribution >= 4 is 27.6 Å². The molecule has 12 heteroatoms. The van der Waals surface area contributed by atoms with Crippen LogP contribution in [0.15, 0.2) is 59.6 Å². The number of aryl methyl sites for hydroxylation is 1. The van der Waals surface area contributed by atoms with Gasteiger partial charge in [0.15, 0.2) is 5.03 Å². The molecule has 1 aliphatic heterocycles. The van der Waals surface area contributed by atoms with Crippen LogP contribution in [0.25, 0.3) is 11.3 Å². The number of halogens is 3. The van der Waals surface area contributed by atoms with Crippen molar-refractivity contribution in [3.8, 4) is 11.3 Å². The van der Waals surface area contributed by atoms with E-state index in [1.807, 2.05) is 4.90 Å². The molecule has 0 saturated carbocycles. The van der Waals surface area contributed by atoms with Crippen LogP contribution in [0.3, 0.4) is 0 Å². The van der Waals surface area contributed by atoms with E-state index in [1.165, 1.54) is 18.2 Å². The number of aromatic nitrogens is 2. The fraction of sp³-hybridized carbons (Fsp3) is 0.320. The van der Waals surface area contributed by atoms with E-state index in [4.69, 9.17) is 5.11 Å². The maximum Gasteiger partial charge on any atom is 0.418 e. The van der Waals surface area contributed by atoms with Crippen LogP contribution in [0.5, 0.6) is 0 Å². The smallest absolute Gasteiger partial charge is 0.418 e. The van der Waals surface area contributed by atoms with Gasteiger partial charge in [0, 0.05) is 25.1 Å². The Bertz CT molecular complexity index is 1410. The van der Waals surface area contributed by atoms with Crippen LogP contribution in [0.4, 0.5) is 24.8 Å². The van der Waals surface area contributed by atoms with Crippen molar-refractivity contribution in [1.29, 1.82) is 0 Å². The fourth-order valence-electron chi connectivity index (χ4n) is 4.40. The quantitative estimate of drug-likeness (QED) is 0.440. The fourth-order valence-corrected chi connectivity index (χ4v) is 5.36. The van der Waals surface area contributed by atoms with Gasteiger partial charge < -0.3 is 10.0 Å². The monoisotopic (exact) mass is 534 g/mol. The van der Waals surface area contributed by atoms with E-state index in [2.05, 4.69) is 14.7 Å². The zero-order chi connectivity index (χ0) is 26.8. The van der Waals surface area contributed by atoms with Crippen LogP contribution < -0.4 is 9.62 Å². The van der Waals surface area contributed by atoms with Crippen LogP contribution >= 0.6 is 0 Å². The molecule has 0 radical (unpaired) electrons. The van der Waals surface area contributed by atoms with E-state index < -0.39 is 27.7 Å². The lowest BCUT2D eigenvalue weighted by atomic mass is 9.95. The summed E-state index contributed by atoms with van der Waals surface area (Å²) >= 11 is 0. The first-order chi connectivity index (χ1) is 17.4. The predicted molar refractivity (Wildman–Crippen MR) is 132 cm³/mol. The summed E-state index contributed by atoms with van der Waals surface area (Å²) in [6.07, 6.45) is -3.18. The Morgan fingerprint density at radius 1 is 1.11 bits per heavy atom. The molecule has 1 saturated heterocycles. The number of pyridine rings is 2. The molecule has 1 aliphatic rings. The molecule has 0 bridgehead atoms. The molecular formula is C25H25F3N4O4S. The standard InChI is InChI=1S/C25H25F3N4O4S/c1-16-6-2-3-8-18(16)24-19(25(26,27)28)11-12-20(29-24)31-37(35,36)22-10-4-9-21(30-22)32-13-5-7-17(15-32)14-23(33)34/h2-4,6,8-12,17H,5,7,13-15H2,1H3,(H,29,31)(H,33,34). The van der Waals surface area contributed by atoms with E-state index in [9.17, 15) is 26.4 Å². The molecule has 0 aliphatic carbocycles. The lowest BCUT2D eigenvalue weighted by Crippen LogP contribution is -2.37. The Hall–Kier alpha value is -3.67. The lowest BCUT2D eigenvalue weighted by molar-refractivity contribution is -0.138. The third-order valence-corrected chi connectivity index (χ3v) is 7.39. The van der Waals surface area contributed by atoms with E-state index in [1.54, 1.807) is 31.2 Å². The minimum Gasteiger partial charge on any atom is -0.481 e. The molecule has 4 rings (SSSR count). The molecule has 3 heterocycles. The van der Waals surface area contributed by atoms with Gasteiger partial charge in [0.1, 0.15) is 11.6 Å². The number of hydrogen-bond donors (Lipinski definition) is 2. The van der Waals surface area contributed by atoms with Crippen molar-refractivity contribution in [2.45, 2.75) is 37.4 Å². The number of aliphatic carboxylic acids is 1. The molecule has 1 atom stereocenters. The number of sulfonamides is 1. The van der Waals surface area contributed by atoms with Gasteiger partial charge in [-0.15, -0.1) is 0 Å². The molecule has 1 fully saturated rings. The van der Waals surface area contributed by atoms with E-state index >= 15 is 0 Å². The van der Waals surface area contributed by atoms with Gasteiger partial charge in [0.25, 0.3) is 10.0 Å². The van der Waals surface area contributed by atoms with Crippen molar-refractivity contribution < 1.29 is 31.5 Å². The van der Waals surface area contributed by atoms with Gasteiger partial charge in [-0.25, -0.2) is 9.97 Å². The number of rotatable bonds is 7. The third-order valence-electron chi connectivity index (χ3n) is 6.13. The second-order valence-corrected chi connectivity index (χ2v) is 10.5. The van der Waals surface area contributed by atoms with Crippen molar-refractivity contribution in [2.24, 2.45) is 5.92 Å². The maximum atomic E-state index is 13.7. The molecular weight excluding hydrogens is 509 g/mol. The van der Waals surface area contributed by atoms with Crippen LogP contribution in [-0.4, -0.2) is 42.6 Å². The third kappa shape index (κ3) is 6.19. The maximum absolute atomic E-state index is 13.7. The Morgan fingerprint density at radius 2 is 1.86 bits per heavy atom. The summed E-state index contributed by atoms with van der Waals surface area (Å²) < 4.78 is 69.5. The van der Waals surface area contributed by atoms with Crippen molar-refractivity contribution in [2.75, 3.05) is 22.7 Å². The highest BCUT2D eigenvalue weighted by Gasteiger charge is 2.35. The first kappa shape index (κ1) is 26.4. The molecule has 196 valence electrons. The van der Waals surface area contributed by atoms with Gasteiger partial charge in [-0.05, 0) is 55.5 Å². The summed E-state index contributed by atoms with van der Waals surface area (Å²) in [6.45, 7) is 2.67. The van der Waals surface area contributed by atoms with Crippen molar-refractivity contribution in [3.05, 3.63) is 65.7 Å². The Labute approximate surface area is 212 Å². The van der Waals surface area contributed by atoms with Crippen molar-refractivity contribution in [3.63, 3.8) is 0 Å². The van der Waals surface area contributed by atoms with E-state index in [0.29, 0.717) is 24.5 Å². The number of carboxylic acids is 1. The lowest BCUT2D eigenvalue weighted by Gasteiger charge is -2.33. The number of anilines is 2. The molecule has 2 N–H and O–H groups in total. The van der Waals surface area contributed by atoms with Gasteiger partial charge in [-0.1, -0.05) is 30.3 Å². The summed E-state index contributed by atoms with van der Waals surface area (Å²) in [7, 11) is -4.29. The molecule has 1 aromatic carbocycles. The Balaban J connectivity index is 1.63. The summed E-state index contributed by atoms with van der Waals surface area (Å²) in [5.41, 5.74) is -0.578. The van der Waals surface area contributed by atoms with Gasteiger partial charge in [0.2, 0.25) is 0 Å². The van der Waals surface area contributed by atoms with Crippen LogP contribution in [0, 0.1) is 12.8 Å². The number of nitrogens with one attached hydrogen (secondary N) is 1. The zero-order valence-electron chi connectivity index (χ0n) is 19.9. The zero-order valence-corrected chi connectivity index (χ0v) is 20.7. The largest absolute Gasteiger partial charge is 0.481 e. The summed E-state index contributed by atoms with van der Waals surface area (Å²) in [4.78, 5) is 21.2. The minimum absolute atomic E-state index is 0.0128. The highest BCUT2D eigenvalue weighted by Crippen LogP contribution is 2.38. The van der Waals surface area contributed by atoms with Gasteiger partial charge in [-0.3, -0.25) is 9.52 Å². The second-order valence-electron chi connectivity index (χ2n) is 8.90. The molecule has 0 spiro atoms. The molecule has 2 aromatic heterocycles. The summed E-state index contributed by atoms with van der Waals surface area (Å²) in [5, 5.41) is 8.76. The molecule has 1 unspecified atom stereocenters. The van der Waals surface area contributed by atoms with Crippen LogP contribution in [0.2, 0.25) is 0 Å². The average Bonchev–Trinajstić information content (AvgIpc) is 2.83. The summed E-state index contributed by atoms with van der Waals surface area (Å²) in [5.74, 6) is -0.881. The molecule has 37 heavy (non-hydrogen) atoms. The minimum atomic E-state index is -4.69. The SMILES string of the molecule is Cc1ccccc1-c1nc(NS(=O)(=O)c2cccc(N3CCCC(CC(=O)O)C3)n2)ccc1C(F)(F)F. The van der Waals surface area contributed by atoms with Gasteiger partial charge in [0.05, 0.1) is 11.3 Å². The molecule has 0 amide bonds. The number of nitrogens with zero attached hydrogens (tertiary/aromatic N) is 3. The van der Waals surface area contributed by atoms with E-state index in [-0.39, 0.29) is 34.4 Å². The normalized spacial score (nSPS) is 16.4. The number of benzene rings is 1. The highest BCUT2D eigenvalue weighted by atomic mass is 32.2. The first-order valence-corrected chi connectivity index (χ1v) is 13.0. The number of alkyl halides is 3. The van der Waals surface area contributed by atoms with Gasteiger partial charge in [-0.2, -0.15) is 21.6 Å². The van der Waals surface area contributed by atoms with Crippen LogP contribution in [-0.2, 0) is 21.0 Å². The number of piperidine rings is 1. The average molecular weight is 535 g/mol. The first-order valence-electron chi connectivity index (χ1n) is 11.5. The molecule has 8 nitrogen and oxygen atoms in total. The Kier molecular flexibility index (Phi) is 7.39. The van der Waals surface area contributed by atoms with Crippen molar-refractivity contribution in [1.82, 2.24) is 9.97 Å². The Morgan fingerprint density at radius 3 is 2.57 bits per heavy atom. The number of carboxylic acid groups (broad SMARTS) is 1. The highest BCUT2D eigenvalue weighted by molar-refractivity contribution is 7.92. The molecule has 3 aromatic rings. The summed E-state index contributed by atoms with van der Waals surface area (Å²) in [6, 6.07) is 12.6. The van der Waals surface area contributed by atoms with E-state index in [0.717, 1.165) is 25.0 Å². The number of carbonyl (C=O) groups is 1. The topological polar surface area (TPSA) is 112 Å². The predicted octanol–water partition coefficient (Wildman–Crippen LogP) is 4.96. The van der Waals surface area contributed by atoms with Gasteiger partial charge >= 0.3 is 12.1 Å².